The maximum absolute atomic E-state index is 14.9. The van der Waals surface area contributed by atoms with Gasteiger partial charge in [-0.3, -0.25) is 5.41 Å². The minimum atomic E-state index is -2.29. The topological polar surface area (TPSA) is 152 Å². The summed E-state index contributed by atoms with van der Waals surface area (Å²) in [6, 6.07) is 74.0. The molecular formula is C71H68Cl3NO13. The Morgan fingerprint density at radius 3 is 1.17 bits per heavy atom. The average molecular weight is 1250 g/mol. The van der Waals surface area contributed by atoms with Gasteiger partial charge in [-0.1, -0.05) is 265 Å². The van der Waals surface area contributed by atoms with Crippen molar-refractivity contribution in [2.75, 3.05) is 19.8 Å². The van der Waals surface area contributed by atoms with Crippen molar-refractivity contribution in [2.45, 2.75) is 111 Å². The van der Waals surface area contributed by atoms with Crippen LogP contribution in [-0.2, 0) is 96.5 Å². The van der Waals surface area contributed by atoms with Crippen LogP contribution in [0.5, 0.6) is 0 Å². The van der Waals surface area contributed by atoms with Gasteiger partial charge < -0.3 is 56.8 Å². The summed E-state index contributed by atoms with van der Waals surface area (Å²) in [5.74, 6) is -0.998. The van der Waals surface area contributed by atoms with Crippen molar-refractivity contribution in [1.29, 1.82) is 5.41 Å². The zero-order valence-corrected chi connectivity index (χ0v) is 50.4. The number of benzene rings is 8. The Kier molecular flexibility index (Phi) is 22.0. The molecule has 2 saturated heterocycles. The minimum absolute atomic E-state index is 0.0104. The zero-order valence-electron chi connectivity index (χ0n) is 48.1. The van der Waals surface area contributed by atoms with Crippen LogP contribution in [0.3, 0.4) is 0 Å². The molecule has 1 N–H and O–H groups in total. The van der Waals surface area contributed by atoms with E-state index >= 15 is 0 Å². The van der Waals surface area contributed by atoms with Gasteiger partial charge in [-0.2, -0.15) is 0 Å². The van der Waals surface area contributed by atoms with Gasteiger partial charge in [-0.05, 0) is 55.6 Å². The number of hydrogen-bond donors (Lipinski definition) is 1. The molecule has 10 atom stereocenters. The number of nitrogens with one attached hydrogen (secondary N) is 1. The van der Waals surface area contributed by atoms with E-state index in [1.54, 1.807) is 0 Å². The molecule has 88 heavy (non-hydrogen) atoms. The third-order valence-electron chi connectivity index (χ3n) is 15.5. The van der Waals surface area contributed by atoms with Gasteiger partial charge in [0.1, 0.15) is 49.3 Å². The number of hydrogen-bond acceptors (Lipinski definition) is 14. The molecule has 0 bridgehead atoms. The third kappa shape index (κ3) is 16.6. The normalized spacial score (nSPS) is 22.5. The second kappa shape index (κ2) is 31.0. The highest BCUT2D eigenvalue weighted by Gasteiger charge is 2.56. The Balaban J connectivity index is 1.00. The van der Waals surface area contributed by atoms with Crippen LogP contribution in [0.1, 0.15) is 50.4 Å². The largest absolute Gasteiger partial charge is 0.508 e. The lowest BCUT2D eigenvalue weighted by Gasteiger charge is -2.50. The second-order valence-electron chi connectivity index (χ2n) is 21.5. The van der Waals surface area contributed by atoms with E-state index in [1.165, 1.54) is 0 Å². The highest BCUT2D eigenvalue weighted by atomic mass is 35.6. The van der Waals surface area contributed by atoms with Gasteiger partial charge in [-0.25, -0.2) is 4.79 Å². The molecule has 0 amide bonds. The zero-order chi connectivity index (χ0) is 60.5. The standard InChI is InChI=1S/C71H68Cl3NO13/c72-71(73,74)69(75)88-68-65(81-43-52-31-15-5-16-32-52)63(80-42-51-29-13-4-14-30-51)62(60(85-68)47-78-40-49-25-9-2-10-26-49)86-67-66(82-44-53-33-17-6-18-34-53)64(87-70(76)83-45-58-56-37-21-19-35-54(56)55-36-20-22-38-57(55)58)61(79-41-50-27-11-3-12-28-50)59(84-67)46-77-39-48-23-7-1-8-24-48/h1-38,58-68,75H,39-47H2/t59-,60-,61+,62-,63+,64+,65-,66-,67+,68?/m1/s1. The first kappa shape index (κ1) is 62.6. The van der Waals surface area contributed by atoms with Gasteiger partial charge in [0.15, 0.2) is 12.4 Å². The number of fused-ring (bicyclic) bond motifs is 3. The van der Waals surface area contributed by atoms with Crippen molar-refractivity contribution in [2.24, 2.45) is 0 Å². The fourth-order valence-electron chi connectivity index (χ4n) is 11.1. The van der Waals surface area contributed by atoms with E-state index in [-0.39, 0.29) is 65.4 Å². The number of carbonyl (C=O) groups is 1. The molecule has 3 aliphatic rings. The highest BCUT2D eigenvalue weighted by molar-refractivity contribution is 6.76. The first-order valence-corrected chi connectivity index (χ1v) is 30.4. The quantitative estimate of drug-likeness (QED) is 0.0237. The average Bonchev–Trinajstić information content (AvgIpc) is 1.42. The molecule has 14 nitrogen and oxygen atoms in total. The van der Waals surface area contributed by atoms with E-state index in [1.807, 2.05) is 206 Å². The SMILES string of the molecule is N=C(OC1O[C@H](COCc2ccccc2)[C@@H](O[C@@H]2O[C@H](COCc3ccccc3)[C@H](OCc3ccccc3)[C@H](OC(=O)OCC3c4ccccc4-c4ccccc43)[C@H]2OCc2ccccc2)[C@H](OCc2ccccc2)[C@H]1OCc1ccccc1)C(Cl)(Cl)Cl. The van der Waals surface area contributed by atoms with Crippen molar-refractivity contribution in [1.82, 2.24) is 0 Å². The molecule has 2 fully saturated rings. The van der Waals surface area contributed by atoms with Gasteiger partial charge in [0, 0.05) is 5.92 Å². The van der Waals surface area contributed by atoms with Gasteiger partial charge in [0.25, 0.3) is 3.79 Å². The summed E-state index contributed by atoms with van der Waals surface area (Å²) in [5.41, 5.74) is 9.30. The van der Waals surface area contributed by atoms with Crippen molar-refractivity contribution in [3.05, 3.63) is 275 Å². The van der Waals surface area contributed by atoms with Gasteiger partial charge in [0.2, 0.25) is 12.2 Å². The van der Waals surface area contributed by atoms with Crippen LogP contribution in [0.25, 0.3) is 11.1 Å². The van der Waals surface area contributed by atoms with Crippen molar-refractivity contribution in [3.63, 3.8) is 0 Å². The van der Waals surface area contributed by atoms with Crippen LogP contribution in [0.2, 0.25) is 0 Å². The van der Waals surface area contributed by atoms with Crippen LogP contribution < -0.4 is 0 Å². The van der Waals surface area contributed by atoms with Gasteiger partial charge >= 0.3 is 6.16 Å². The Morgan fingerprint density at radius 2 is 0.739 bits per heavy atom. The lowest BCUT2D eigenvalue weighted by atomic mass is 9.95. The van der Waals surface area contributed by atoms with Crippen molar-refractivity contribution >= 4 is 46.9 Å². The predicted molar refractivity (Wildman–Crippen MR) is 334 cm³/mol. The summed E-state index contributed by atoms with van der Waals surface area (Å²) in [5, 5.41) is 8.87. The monoisotopic (exact) mass is 1250 g/mol. The number of halogens is 3. The van der Waals surface area contributed by atoms with Crippen molar-refractivity contribution < 1.29 is 61.6 Å². The molecular weight excluding hydrogens is 1180 g/mol. The van der Waals surface area contributed by atoms with E-state index in [0.29, 0.717) is 0 Å². The van der Waals surface area contributed by atoms with Crippen LogP contribution in [0.4, 0.5) is 4.79 Å². The fourth-order valence-corrected chi connectivity index (χ4v) is 11.3. The van der Waals surface area contributed by atoms with E-state index < -0.39 is 77.3 Å². The van der Waals surface area contributed by atoms with E-state index in [9.17, 15) is 4.79 Å². The number of ether oxygens (including phenoxy) is 12. The molecule has 0 saturated carbocycles. The van der Waals surface area contributed by atoms with Crippen LogP contribution >= 0.6 is 34.8 Å². The number of carbonyl (C=O) groups excluding carboxylic acids is 1. The predicted octanol–water partition coefficient (Wildman–Crippen LogP) is 14.3. The molecule has 8 aromatic rings. The van der Waals surface area contributed by atoms with Crippen LogP contribution in [0.15, 0.2) is 231 Å². The molecule has 456 valence electrons. The number of rotatable bonds is 26. The molecule has 2 heterocycles. The molecule has 17 heteroatoms. The summed E-state index contributed by atoms with van der Waals surface area (Å²) in [6.45, 7) is 0.322. The summed E-state index contributed by atoms with van der Waals surface area (Å²) < 4.78 is 79.5. The molecule has 11 rings (SSSR count). The van der Waals surface area contributed by atoms with Crippen molar-refractivity contribution in [3.8, 4) is 11.1 Å². The first-order chi connectivity index (χ1) is 43.1. The lowest BCUT2D eigenvalue weighted by molar-refractivity contribution is -0.370. The highest BCUT2D eigenvalue weighted by Crippen LogP contribution is 2.45. The Morgan fingerprint density at radius 1 is 0.386 bits per heavy atom. The van der Waals surface area contributed by atoms with E-state index in [0.717, 1.165) is 55.6 Å². The van der Waals surface area contributed by atoms with E-state index in [4.69, 9.17) is 97.1 Å². The molecule has 1 aliphatic carbocycles. The smallest absolute Gasteiger partial charge is 0.445 e. The summed E-state index contributed by atoms with van der Waals surface area (Å²) in [6.07, 6.45) is -13.2. The minimum Gasteiger partial charge on any atom is -0.445 e. The molecule has 0 aromatic heterocycles. The van der Waals surface area contributed by atoms with Crippen LogP contribution in [0, 0.1) is 5.41 Å². The summed E-state index contributed by atoms with van der Waals surface area (Å²) >= 11 is 19.0. The summed E-state index contributed by atoms with van der Waals surface area (Å²) in [4.78, 5) is 14.9. The van der Waals surface area contributed by atoms with Gasteiger partial charge in [0.05, 0.1) is 52.9 Å². The molecule has 1 unspecified atom stereocenters. The van der Waals surface area contributed by atoms with Crippen LogP contribution in [-0.4, -0.2) is 97.1 Å². The second-order valence-corrected chi connectivity index (χ2v) is 23.8. The molecule has 0 radical (unpaired) electrons. The Labute approximate surface area is 527 Å². The lowest BCUT2D eigenvalue weighted by Crippen LogP contribution is -2.67. The molecule has 2 aliphatic heterocycles. The molecule has 8 aromatic carbocycles. The maximum Gasteiger partial charge on any atom is 0.508 e. The third-order valence-corrected chi connectivity index (χ3v) is 16.0. The maximum atomic E-state index is 14.9. The summed E-state index contributed by atoms with van der Waals surface area (Å²) in [7, 11) is 0. The first-order valence-electron chi connectivity index (χ1n) is 29.3. The number of alkyl halides is 3. The van der Waals surface area contributed by atoms with E-state index in [2.05, 4.69) is 24.3 Å². The molecule has 0 spiro atoms. The van der Waals surface area contributed by atoms with Gasteiger partial charge in [-0.15, -0.1) is 0 Å². The fraction of sp³-hybridized carbons (Fsp3) is 0.296. The Hall–Kier alpha value is -6.99. The Bertz CT molecular complexity index is 3380.